The molecule has 126 heavy (non-hydrogen) atoms. The molecule has 1 unspecified atom stereocenters. The lowest BCUT2D eigenvalue weighted by Crippen LogP contribution is -2.33. The molecule has 33 heteroatoms. The summed E-state index contributed by atoms with van der Waals surface area (Å²) in [5.41, 5.74) is 15.1. The number of urea groups is 2. The summed E-state index contributed by atoms with van der Waals surface area (Å²) >= 11 is 24.9. The third kappa shape index (κ3) is 21.4. The van der Waals surface area contributed by atoms with Gasteiger partial charge in [0.25, 0.3) is 5.91 Å². The number of methoxy groups -OCH3 is 1. The van der Waals surface area contributed by atoms with E-state index in [0.29, 0.717) is 80.2 Å². The van der Waals surface area contributed by atoms with Gasteiger partial charge in [0.05, 0.1) is 93.7 Å². The number of pyridine rings is 4. The molecule has 25 nitrogen and oxygen atoms in total. The molecule has 1 aliphatic heterocycles. The smallest absolute Gasteiger partial charge is 0.321 e. The molecule has 0 radical (unpaired) electrons. The number of anilines is 2. The van der Waals surface area contributed by atoms with E-state index in [1.54, 1.807) is 61.8 Å². The standard InChI is InChI=1S/C24H21ClFN3O2.C24H22ClN3O2.C23H19ClFN5O2.C22H19ClF2N4O4/c1-3-4-17(30)11-16-6-8-22(24(26)23(16)25)31-21-9-10-27-19-12-15(5-7-18(19)21)20-13-29(2)14-28-20;1-3-4-18(29)11-16-5-7-19(13-21(16)25)30-24-9-10-26-22-12-17(6-8-20(22)24)23-14-28(2)15-27-23;1-30-11-18(27-12-30)13-2-5-15-17(10-13)26-9-8-19(15)32-20-7-6-16(21(24)22(20)25)29-23(31)28-14-3-4-14;1-32-18-9-15-12(8-13(18)21(26)30)16(4-6-27-15)33-17-3-2-14(19(23)20(17)25)28-22(31)29-7-5-11(24)10-29/h5-10,12-14H,3-4,11H2,1-2H3;5-10,12-15H,3-4,11H2,1-2H3;2,5-12,14H,3-4H2,1H3,(H2,28,29,31);2-4,6,8-9,11H,5,7,10H2,1H3,(H2,26,30)(H,28,31). The number of fused-ring (bicyclic) bond motifs is 4. The molecule has 1 aliphatic carbocycles. The lowest BCUT2D eigenvalue weighted by atomic mass is 10.1. The summed E-state index contributed by atoms with van der Waals surface area (Å²) in [6, 6.07) is 40.4. The van der Waals surface area contributed by atoms with Crippen molar-refractivity contribution in [1.82, 2.24) is 58.8 Å². The van der Waals surface area contributed by atoms with Crippen LogP contribution in [0.3, 0.4) is 0 Å². The number of amides is 5. The lowest BCUT2D eigenvalue weighted by Gasteiger charge is -2.18. The van der Waals surface area contributed by atoms with E-state index in [2.05, 4.69) is 50.8 Å². The van der Waals surface area contributed by atoms with Crippen molar-refractivity contribution in [2.24, 2.45) is 26.9 Å². The van der Waals surface area contributed by atoms with Gasteiger partial charge in [0.1, 0.15) is 62.3 Å². The number of hydrogen-bond donors (Lipinski definition) is 4. The molecule has 2 aliphatic rings. The zero-order valence-corrected chi connectivity index (χ0v) is 71.7. The Morgan fingerprint density at radius 1 is 0.468 bits per heavy atom. The van der Waals surface area contributed by atoms with Gasteiger partial charge >= 0.3 is 12.1 Å². The molecule has 2 fully saturated rings. The van der Waals surface area contributed by atoms with Crippen LogP contribution in [0.1, 0.15) is 80.3 Å². The van der Waals surface area contributed by atoms with E-state index in [0.717, 1.165) is 81.3 Å². The first-order chi connectivity index (χ1) is 60.7. The van der Waals surface area contributed by atoms with E-state index < -0.39 is 41.6 Å². The normalized spacial score (nSPS) is 12.8. The van der Waals surface area contributed by atoms with E-state index in [-0.39, 0.29) is 104 Å². The van der Waals surface area contributed by atoms with Gasteiger partial charge < -0.3 is 64.0 Å². The molecule has 5 N–H and O–H groups in total. The minimum Gasteiger partial charge on any atom is -0.496 e. The first-order valence-electron chi connectivity index (χ1n) is 39.9. The number of aromatic nitrogens is 10. The number of Topliss-reactive ketones (excluding diaryl/α,β-unsaturated/α-hetero) is 2. The quantitative estimate of drug-likeness (QED) is 0.0409. The fourth-order valence-corrected chi connectivity index (χ4v) is 14.5. The third-order valence-corrected chi connectivity index (χ3v) is 21.7. The molecule has 1 saturated heterocycles. The summed E-state index contributed by atoms with van der Waals surface area (Å²) in [5.74, 6) is -0.465. The number of primary amides is 1. The van der Waals surface area contributed by atoms with Crippen molar-refractivity contribution in [2.75, 3.05) is 30.8 Å². The fourth-order valence-electron chi connectivity index (χ4n) is 13.6. The highest BCUT2D eigenvalue weighted by atomic mass is 35.5. The molecular weight excluding hydrogens is 1700 g/mol. The average molecular weight is 1790 g/mol. The zero-order valence-electron chi connectivity index (χ0n) is 68.7. The number of likely N-dealkylation sites (tertiary alicyclic amines) is 1. The number of ketones is 2. The van der Waals surface area contributed by atoms with Crippen molar-refractivity contribution in [2.45, 2.75) is 83.8 Å². The molecule has 1 saturated carbocycles. The number of nitrogens with zero attached hydrogens (tertiary/aromatic N) is 11. The van der Waals surface area contributed by atoms with Gasteiger partial charge in [-0.2, -0.15) is 0 Å². The molecule has 644 valence electrons. The number of rotatable bonds is 24. The number of nitrogens with two attached hydrogens (primary N) is 1. The predicted octanol–water partition coefficient (Wildman–Crippen LogP) is 22.1. The Hall–Kier alpha value is -13.7. The van der Waals surface area contributed by atoms with E-state index in [1.807, 2.05) is 140 Å². The molecule has 8 heterocycles. The summed E-state index contributed by atoms with van der Waals surface area (Å²) in [5, 5.41) is 10.4. The maximum Gasteiger partial charge on any atom is 0.321 e. The van der Waals surface area contributed by atoms with Crippen LogP contribution in [0.25, 0.3) is 77.4 Å². The van der Waals surface area contributed by atoms with Crippen LogP contribution in [0, 0.1) is 17.5 Å². The molecule has 0 spiro atoms. The Balaban J connectivity index is 0.000000136. The van der Waals surface area contributed by atoms with Crippen LogP contribution in [0.4, 0.5) is 38.5 Å². The van der Waals surface area contributed by atoms with Gasteiger partial charge in [-0.3, -0.25) is 34.3 Å². The minimum atomic E-state index is -1.08. The van der Waals surface area contributed by atoms with Crippen molar-refractivity contribution in [3.05, 3.63) is 262 Å². The number of imidazole rings is 3. The third-order valence-electron chi connectivity index (χ3n) is 20.2. The van der Waals surface area contributed by atoms with Gasteiger partial charge in [-0.1, -0.05) is 90.6 Å². The first kappa shape index (κ1) is 88.6. The number of ether oxygens (including phenoxy) is 5. The number of halogens is 8. The maximum atomic E-state index is 15.0. The van der Waals surface area contributed by atoms with E-state index in [1.165, 1.54) is 66.7 Å². The van der Waals surface area contributed by atoms with Crippen molar-refractivity contribution < 1.29 is 65.2 Å². The Bertz CT molecular complexity index is 6650. The summed E-state index contributed by atoms with van der Waals surface area (Å²) in [6.07, 6.45) is 21.6. The fraction of sp³-hybridized carbons (Fsp3) is 0.204. The van der Waals surface area contributed by atoms with Crippen molar-refractivity contribution in [3.8, 4) is 85.5 Å². The minimum absolute atomic E-state index is 0.00186. The monoisotopic (exact) mass is 1780 g/mol. The molecule has 0 bridgehead atoms. The second-order valence-electron chi connectivity index (χ2n) is 29.7. The zero-order chi connectivity index (χ0) is 89.0. The van der Waals surface area contributed by atoms with Crippen LogP contribution in [0.2, 0.25) is 20.1 Å². The van der Waals surface area contributed by atoms with E-state index >= 15 is 0 Å². The summed E-state index contributed by atoms with van der Waals surface area (Å²) in [7, 11) is 7.15. The second kappa shape index (κ2) is 39.8. The maximum absolute atomic E-state index is 15.0. The van der Waals surface area contributed by atoms with Gasteiger partial charge in [-0.25, -0.2) is 42.1 Å². The number of carbonyl (C=O) groups is 5. The molecule has 8 aromatic carbocycles. The number of nitrogens with one attached hydrogen (secondary N) is 3. The van der Waals surface area contributed by atoms with Gasteiger partial charge in [0.2, 0.25) is 0 Å². The van der Waals surface area contributed by atoms with E-state index in [4.69, 9.17) is 75.8 Å². The topological polar surface area (TPSA) is 302 Å². The predicted molar refractivity (Wildman–Crippen MR) is 477 cm³/mol. The van der Waals surface area contributed by atoms with Crippen LogP contribution in [-0.4, -0.2) is 115 Å². The van der Waals surface area contributed by atoms with Crippen molar-refractivity contribution in [3.63, 3.8) is 0 Å². The molecule has 17 rings (SSSR count). The van der Waals surface area contributed by atoms with Crippen LogP contribution in [0.15, 0.2) is 208 Å². The number of carbonyl (C=O) groups excluding carboxylic acids is 5. The van der Waals surface area contributed by atoms with Crippen LogP contribution in [-0.2, 0) is 43.6 Å². The first-order valence-corrected chi connectivity index (χ1v) is 41.4. The van der Waals surface area contributed by atoms with Gasteiger partial charge in [0.15, 0.2) is 34.7 Å². The molecular formula is C93H81Cl4F4N15O10. The van der Waals surface area contributed by atoms with Crippen LogP contribution < -0.4 is 45.4 Å². The summed E-state index contributed by atoms with van der Waals surface area (Å²) in [4.78, 5) is 91.7. The van der Waals surface area contributed by atoms with Crippen LogP contribution >= 0.6 is 46.4 Å². The Labute approximate surface area is 739 Å². The molecule has 7 aromatic heterocycles. The number of benzene rings is 8. The lowest BCUT2D eigenvalue weighted by molar-refractivity contribution is -0.119. The highest BCUT2D eigenvalue weighted by Gasteiger charge is 2.29. The largest absolute Gasteiger partial charge is 0.496 e. The Morgan fingerprint density at radius 2 is 0.897 bits per heavy atom. The molecule has 15 aromatic rings. The SMILES string of the molecule is CCCC(=O)Cc1ccc(Oc2ccnc3cc(-c4cn(C)cn4)ccc23)c(F)c1Cl.CCCC(=O)Cc1ccc(Oc2ccnc3cc(-c4cn(C)cn4)ccc23)cc1Cl.COc1cc2nccc(Oc3ccc(NC(=O)N4CCC(F)C4)c(Cl)c3F)c2cc1C(N)=O.Cn1cnc(-c2ccc3c(Oc4ccc(NC(=O)NC5CC5)c(Cl)c4F)ccnc3c2)c1. The van der Waals surface area contributed by atoms with Crippen molar-refractivity contribution >= 4 is 131 Å². The summed E-state index contributed by atoms with van der Waals surface area (Å²) < 4.78 is 92.4. The van der Waals surface area contributed by atoms with E-state index in [9.17, 15) is 41.5 Å². The Kier molecular flexibility index (Phi) is 28.0. The second-order valence-corrected chi connectivity index (χ2v) is 31.2. The van der Waals surface area contributed by atoms with Crippen molar-refractivity contribution in [1.29, 1.82) is 0 Å². The number of hydrogen-bond acceptors (Lipinski definition) is 17. The summed E-state index contributed by atoms with van der Waals surface area (Å²) in [6.45, 7) is 4.16. The highest BCUT2D eigenvalue weighted by Crippen LogP contribution is 2.43. The molecule has 5 amide bonds. The van der Waals surface area contributed by atoms with Gasteiger partial charge in [-0.05, 0) is 152 Å². The Morgan fingerprint density at radius 3 is 1.32 bits per heavy atom. The van der Waals surface area contributed by atoms with Gasteiger partial charge in [-0.15, -0.1) is 0 Å². The number of aryl methyl sites for hydroxylation is 3. The van der Waals surface area contributed by atoms with Crippen LogP contribution in [0.5, 0.6) is 51.7 Å². The number of alkyl halides is 1. The molecule has 1 atom stereocenters. The average Bonchev–Trinajstić information content (AvgIpc) is 1.04. The highest BCUT2D eigenvalue weighted by molar-refractivity contribution is 6.35. The van der Waals surface area contributed by atoms with Gasteiger partial charge in [0, 0.05) is 152 Å².